The van der Waals surface area contributed by atoms with Gasteiger partial charge in [0.2, 0.25) is 0 Å². The van der Waals surface area contributed by atoms with Crippen molar-refractivity contribution in [3.8, 4) is 0 Å². The van der Waals surface area contributed by atoms with Crippen LogP contribution in [0.1, 0.15) is 0 Å². The number of ether oxygens (including phenoxy) is 1. The maximum absolute atomic E-state index is 10.0. The second-order valence-corrected chi connectivity index (χ2v) is 15.6. The molecule has 1 radical (unpaired) electrons. The topological polar surface area (TPSA) is 26.3 Å². The molecule has 0 atom stereocenters. The fraction of sp³-hybridized carbons (Fsp3) is 0.750. The number of halogens is 6. The minimum Gasteiger partial charge on any atom is -0.447 e. The standard InChI is InChI=1S/C4HBr6O2/c5-3(6,7)2(12-1-11)4(8,9)10/h2H. The second-order valence-electron chi connectivity index (χ2n) is 1.66. The van der Waals surface area contributed by atoms with Gasteiger partial charge in [-0.1, -0.05) is 95.6 Å². The molecule has 0 unspecified atom stereocenters. The van der Waals surface area contributed by atoms with Crippen molar-refractivity contribution in [2.75, 3.05) is 0 Å². The van der Waals surface area contributed by atoms with E-state index in [9.17, 15) is 4.79 Å². The molecular weight excluding hydrogens is 559 g/mol. The Labute approximate surface area is 120 Å². The summed E-state index contributed by atoms with van der Waals surface area (Å²) in [4.78, 5) is 10.0. The molecule has 0 spiro atoms. The van der Waals surface area contributed by atoms with Crippen molar-refractivity contribution in [1.29, 1.82) is 0 Å². The van der Waals surface area contributed by atoms with E-state index in [-0.39, 0.29) is 0 Å². The molecule has 0 aliphatic rings. The highest BCUT2D eigenvalue weighted by molar-refractivity contribution is 9.40. The van der Waals surface area contributed by atoms with E-state index in [0.29, 0.717) is 0 Å². The Morgan fingerprint density at radius 1 is 1.00 bits per heavy atom. The zero-order valence-corrected chi connectivity index (χ0v) is 14.7. The first-order valence-electron chi connectivity index (χ1n) is 2.36. The van der Waals surface area contributed by atoms with Gasteiger partial charge in [-0.15, -0.1) is 0 Å². The number of rotatable bonds is 2. The van der Waals surface area contributed by atoms with Crippen LogP contribution in [0.5, 0.6) is 0 Å². The predicted octanol–water partition coefficient (Wildman–Crippen LogP) is 4.12. The van der Waals surface area contributed by atoms with Gasteiger partial charge < -0.3 is 4.74 Å². The van der Waals surface area contributed by atoms with Crippen LogP contribution in [0.15, 0.2) is 0 Å². The summed E-state index contributed by atoms with van der Waals surface area (Å²) in [6, 6.07) is 0. The van der Waals surface area contributed by atoms with Crippen LogP contribution in [0.25, 0.3) is 0 Å². The van der Waals surface area contributed by atoms with Crippen LogP contribution in [-0.2, 0) is 9.53 Å². The molecular formula is C4HBr6O2. The third kappa shape index (κ3) is 5.29. The summed E-state index contributed by atoms with van der Waals surface area (Å²) in [6.45, 7) is 1.35. The van der Waals surface area contributed by atoms with Crippen molar-refractivity contribution in [2.45, 2.75) is 10.4 Å². The minimum absolute atomic E-state index is 0.595. The van der Waals surface area contributed by atoms with E-state index in [4.69, 9.17) is 0 Å². The van der Waals surface area contributed by atoms with Crippen molar-refractivity contribution in [2.24, 2.45) is 0 Å². The van der Waals surface area contributed by atoms with E-state index in [1.807, 2.05) is 0 Å². The van der Waals surface area contributed by atoms with E-state index < -0.39 is 10.4 Å². The van der Waals surface area contributed by atoms with Gasteiger partial charge in [0.05, 0.1) is 0 Å². The van der Waals surface area contributed by atoms with Gasteiger partial charge >= 0.3 is 6.47 Å². The summed E-state index contributed by atoms with van der Waals surface area (Å²) in [5, 5.41) is 0. The molecule has 0 rings (SSSR count). The highest BCUT2D eigenvalue weighted by Crippen LogP contribution is 2.51. The Bertz CT molecular complexity index is 144. The molecule has 0 bridgehead atoms. The minimum atomic E-state index is -0.735. The number of carbonyl (C=O) groups excluding carboxylic acids is 1. The SMILES string of the molecule is O=[C]OC(C(Br)(Br)Br)C(Br)(Br)Br. The van der Waals surface area contributed by atoms with Crippen LogP contribution in [-0.4, -0.2) is 16.9 Å². The van der Waals surface area contributed by atoms with Gasteiger partial charge in [0.1, 0.15) is 0 Å². The number of hydrogen-bond acceptors (Lipinski definition) is 2. The molecule has 0 heterocycles. The lowest BCUT2D eigenvalue weighted by Crippen LogP contribution is -2.38. The van der Waals surface area contributed by atoms with Gasteiger partial charge in [-0.05, 0) is 0 Å². The summed E-state index contributed by atoms with van der Waals surface area (Å²) in [6.07, 6.45) is -0.595. The molecule has 8 heteroatoms. The molecule has 0 aliphatic carbocycles. The summed E-state index contributed by atoms with van der Waals surface area (Å²) in [5.41, 5.74) is 0. The summed E-state index contributed by atoms with van der Waals surface area (Å²) in [7, 11) is 0. The highest BCUT2D eigenvalue weighted by Gasteiger charge is 2.46. The van der Waals surface area contributed by atoms with Crippen molar-refractivity contribution >= 4 is 102 Å². The molecule has 0 N–H and O–H groups in total. The van der Waals surface area contributed by atoms with Gasteiger partial charge in [0, 0.05) is 0 Å². The van der Waals surface area contributed by atoms with Gasteiger partial charge in [-0.3, -0.25) is 0 Å². The van der Waals surface area contributed by atoms with Crippen LogP contribution < -0.4 is 0 Å². The van der Waals surface area contributed by atoms with Gasteiger partial charge in [0.15, 0.2) is 10.4 Å². The van der Waals surface area contributed by atoms with E-state index in [1.54, 1.807) is 0 Å². The largest absolute Gasteiger partial charge is 0.447 e. The average molecular weight is 560 g/mol. The first kappa shape index (κ1) is 14.3. The summed E-state index contributed by atoms with van der Waals surface area (Å²) in [5.74, 6) is 0. The van der Waals surface area contributed by atoms with Gasteiger partial charge in [0.25, 0.3) is 0 Å². The van der Waals surface area contributed by atoms with E-state index in [0.717, 1.165) is 0 Å². The monoisotopic (exact) mass is 555 g/mol. The van der Waals surface area contributed by atoms with Crippen LogP contribution in [0.4, 0.5) is 0 Å². The van der Waals surface area contributed by atoms with E-state index in [2.05, 4.69) is 100 Å². The normalized spacial score (nSPS) is 13.2. The highest BCUT2D eigenvalue weighted by atomic mass is 80.0. The van der Waals surface area contributed by atoms with Crippen LogP contribution in [0.3, 0.4) is 0 Å². The zero-order valence-electron chi connectivity index (χ0n) is 5.16. The number of alkyl halides is 6. The molecule has 0 saturated heterocycles. The maximum atomic E-state index is 10.0. The first-order valence-corrected chi connectivity index (χ1v) is 7.11. The van der Waals surface area contributed by atoms with Crippen molar-refractivity contribution < 1.29 is 9.53 Å². The smallest absolute Gasteiger partial charge is 0.417 e. The van der Waals surface area contributed by atoms with Crippen molar-refractivity contribution in [3.05, 3.63) is 0 Å². The van der Waals surface area contributed by atoms with Crippen LogP contribution in [0, 0.1) is 0 Å². The molecule has 0 aromatic rings. The molecule has 12 heavy (non-hydrogen) atoms. The molecule has 0 aromatic heterocycles. The Morgan fingerprint density at radius 2 is 1.33 bits per heavy atom. The third-order valence-corrected chi connectivity index (χ3v) is 3.26. The molecule has 0 saturated carbocycles. The van der Waals surface area contributed by atoms with Crippen LogP contribution in [0.2, 0.25) is 0 Å². The molecule has 0 aliphatic heterocycles. The Morgan fingerprint density at radius 3 is 1.42 bits per heavy atom. The summed E-state index contributed by atoms with van der Waals surface area (Å²) >= 11 is 19.3. The Balaban J connectivity index is 4.56. The summed E-state index contributed by atoms with van der Waals surface area (Å²) < 4.78 is 3.21. The fourth-order valence-electron chi connectivity index (χ4n) is 0.367. The Kier molecular flexibility index (Phi) is 6.50. The quantitative estimate of drug-likeness (QED) is 0.476. The molecule has 0 aromatic carbocycles. The fourth-order valence-corrected chi connectivity index (χ4v) is 5.75. The van der Waals surface area contributed by atoms with Gasteiger partial charge in [-0.2, -0.15) is 0 Å². The van der Waals surface area contributed by atoms with Crippen molar-refractivity contribution in [1.82, 2.24) is 0 Å². The van der Waals surface area contributed by atoms with Crippen molar-refractivity contribution in [3.63, 3.8) is 0 Å². The van der Waals surface area contributed by atoms with E-state index in [1.165, 1.54) is 6.47 Å². The average Bonchev–Trinajstić information content (AvgIpc) is 1.77. The van der Waals surface area contributed by atoms with Gasteiger partial charge in [-0.25, -0.2) is 4.79 Å². The predicted molar refractivity (Wildman–Crippen MR) is 69.6 cm³/mol. The maximum Gasteiger partial charge on any atom is 0.417 e. The molecule has 0 amide bonds. The first-order chi connectivity index (χ1) is 5.19. The second kappa shape index (κ2) is 5.44. The van der Waals surface area contributed by atoms with E-state index >= 15 is 0 Å². The molecule has 71 valence electrons. The lowest BCUT2D eigenvalue weighted by atomic mass is 10.5. The third-order valence-electron chi connectivity index (χ3n) is 0.761. The number of hydrogen-bond donors (Lipinski definition) is 0. The molecule has 2 nitrogen and oxygen atoms in total. The zero-order chi connectivity index (χ0) is 9.99. The lowest BCUT2D eigenvalue weighted by molar-refractivity contribution is 0.202. The lowest BCUT2D eigenvalue weighted by Gasteiger charge is -2.29. The van der Waals surface area contributed by atoms with Crippen LogP contribution >= 0.6 is 95.6 Å². The Hall–Kier alpha value is 2.35. The molecule has 0 fully saturated rings.